The van der Waals surface area contributed by atoms with Crippen LogP contribution in [0.2, 0.25) is 0 Å². The lowest BCUT2D eigenvalue weighted by atomic mass is 9.86. The normalized spacial score (nSPS) is 25.8. The van der Waals surface area contributed by atoms with Gasteiger partial charge in [0.2, 0.25) is 0 Å². The first kappa shape index (κ1) is 18.4. The molecule has 3 nitrogen and oxygen atoms in total. The van der Waals surface area contributed by atoms with Gasteiger partial charge in [0.15, 0.2) is 0 Å². The fourth-order valence-electron chi connectivity index (χ4n) is 4.01. The van der Waals surface area contributed by atoms with E-state index in [1.165, 1.54) is 12.8 Å². The van der Waals surface area contributed by atoms with Crippen LogP contribution < -0.4 is 16.0 Å². The summed E-state index contributed by atoms with van der Waals surface area (Å²) >= 11 is 0. The van der Waals surface area contributed by atoms with Gasteiger partial charge in [-0.05, 0) is 75.3 Å². The summed E-state index contributed by atoms with van der Waals surface area (Å²) in [6, 6.07) is 8.61. The number of benzene rings is 1. The molecule has 1 saturated heterocycles. The second-order valence-electron chi connectivity index (χ2n) is 7.45. The van der Waals surface area contributed by atoms with Gasteiger partial charge in [0.1, 0.15) is 0 Å². The van der Waals surface area contributed by atoms with Crippen LogP contribution in [0.15, 0.2) is 24.3 Å². The molecule has 1 aliphatic heterocycles. The van der Waals surface area contributed by atoms with Gasteiger partial charge in [-0.15, -0.1) is 0 Å². The molecule has 0 amide bonds. The van der Waals surface area contributed by atoms with Crippen LogP contribution >= 0.6 is 0 Å². The third-order valence-corrected chi connectivity index (χ3v) is 5.74. The van der Waals surface area contributed by atoms with Crippen molar-refractivity contribution in [2.75, 3.05) is 29.9 Å². The number of halogens is 3. The van der Waals surface area contributed by atoms with E-state index in [9.17, 15) is 13.2 Å². The maximum absolute atomic E-state index is 12.8. The summed E-state index contributed by atoms with van der Waals surface area (Å²) in [5, 5.41) is 3.57. The summed E-state index contributed by atoms with van der Waals surface area (Å²) in [6.07, 6.45) is 0.981. The molecule has 0 bridgehead atoms. The largest absolute Gasteiger partial charge is 0.391 e. The summed E-state index contributed by atoms with van der Waals surface area (Å²) in [7, 11) is 0. The molecule has 1 aromatic rings. The van der Waals surface area contributed by atoms with Crippen molar-refractivity contribution in [3.63, 3.8) is 0 Å². The van der Waals surface area contributed by atoms with E-state index >= 15 is 0 Å². The fourth-order valence-corrected chi connectivity index (χ4v) is 4.01. The minimum absolute atomic E-state index is 0.188. The predicted octanol–water partition coefficient (Wildman–Crippen LogP) is 4.39. The Morgan fingerprint density at radius 1 is 0.960 bits per heavy atom. The van der Waals surface area contributed by atoms with Gasteiger partial charge in [-0.25, -0.2) is 0 Å². The van der Waals surface area contributed by atoms with Crippen LogP contribution in [-0.2, 0) is 0 Å². The van der Waals surface area contributed by atoms with Gasteiger partial charge >= 0.3 is 6.18 Å². The van der Waals surface area contributed by atoms with Crippen LogP contribution in [0.5, 0.6) is 0 Å². The summed E-state index contributed by atoms with van der Waals surface area (Å²) in [4.78, 5) is 2.05. The standard InChI is InChI=1S/C19H28F3N3/c20-19(21,22)15-9-11-25(12-10-15)18-7-5-17(6-8-18)24-16-3-1-14(13-23)2-4-16/h5-8,14-16,24H,1-4,9-13,23H2. The highest BCUT2D eigenvalue weighted by Gasteiger charge is 2.41. The molecule has 0 atom stereocenters. The lowest BCUT2D eigenvalue weighted by Gasteiger charge is -2.34. The average molecular weight is 355 g/mol. The monoisotopic (exact) mass is 355 g/mol. The number of hydrogen-bond donors (Lipinski definition) is 2. The van der Waals surface area contributed by atoms with E-state index in [1.807, 2.05) is 24.3 Å². The second kappa shape index (κ2) is 7.85. The van der Waals surface area contributed by atoms with Crippen molar-refractivity contribution in [1.82, 2.24) is 0 Å². The van der Waals surface area contributed by atoms with Crippen LogP contribution in [0.1, 0.15) is 38.5 Å². The average Bonchev–Trinajstić information content (AvgIpc) is 2.62. The minimum atomic E-state index is -4.05. The number of alkyl halides is 3. The Morgan fingerprint density at radius 3 is 2.08 bits per heavy atom. The first-order chi connectivity index (χ1) is 12.0. The van der Waals surface area contributed by atoms with E-state index < -0.39 is 12.1 Å². The quantitative estimate of drug-likeness (QED) is 0.841. The Bertz CT molecular complexity index is 528. The van der Waals surface area contributed by atoms with E-state index in [1.54, 1.807) is 0 Å². The molecule has 1 aromatic carbocycles. The number of nitrogens with two attached hydrogens (primary N) is 1. The molecule has 3 rings (SSSR count). The summed E-state index contributed by atoms with van der Waals surface area (Å²) in [5.74, 6) is -0.478. The highest BCUT2D eigenvalue weighted by Crippen LogP contribution is 2.35. The SMILES string of the molecule is NCC1CCC(Nc2ccc(N3CCC(C(F)(F)F)CC3)cc2)CC1. The third-order valence-electron chi connectivity index (χ3n) is 5.74. The van der Waals surface area contributed by atoms with Crippen LogP contribution in [0, 0.1) is 11.8 Å². The Hall–Kier alpha value is -1.43. The number of nitrogens with one attached hydrogen (secondary N) is 1. The molecule has 140 valence electrons. The molecule has 0 radical (unpaired) electrons. The molecule has 2 aliphatic rings. The van der Waals surface area contributed by atoms with Crippen LogP contribution in [0.3, 0.4) is 0 Å². The van der Waals surface area contributed by atoms with E-state index in [-0.39, 0.29) is 12.8 Å². The Kier molecular flexibility index (Phi) is 5.77. The molecule has 0 unspecified atom stereocenters. The smallest absolute Gasteiger partial charge is 0.382 e. The van der Waals surface area contributed by atoms with E-state index in [4.69, 9.17) is 5.73 Å². The first-order valence-corrected chi connectivity index (χ1v) is 9.34. The summed E-state index contributed by atoms with van der Waals surface area (Å²) in [6.45, 7) is 1.73. The van der Waals surface area contributed by atoms with Crippen molar-refractivity contribution < 1.29 is 13.2 Å². The number of anilines is 2. The summed E-state index contributed by atoms with van der Waals surface area (Å²) in [5.41, 5.74) is 7.83. The molecule has 0 aromatic heterocycles. The molecule has 1 aliphatic carbocycles. The molecular formula is C19H28F3N3. The minimum Gasteiger partial charge on any atom is -0.382 e. The van der Waals surface area contributed by atoms with Crippen molar-refractivity contribution in [2.45, 2.75) is 50.7 Å². The maximum atomic E-state index is 12.8. The highest BCUT2D eigenvalue weighted by molar-refractivity contribution is 5.55. The first-order valence-electron chi connectivity index (χ1n) is 9.34. The van der Waals surface area contributed by atoms with Gasteiger partial charge < -0.3 is 16.0 Å². The van der Waals surface area contributed by atoms with E-state index in [0.717, 1.165) is 30.8 Å². The highest BCUT2D eigenvalue weighted by atomic mass is 19.4. The van der Waals surface area contributed by atoms with Gasteiger partial charge in [0.05, 0.1) is 5.92 Å². The van der Waals surface area contributed by atoms with E-state index in [0.29, 0.717) is 25.0 Å². The Morgan fingerprint density at radius 2 is 1.56 bits per heavy atom. The van der Waals surface area contributed by atoms with Crippen LogP contribution in [-0.4, -0.2) is 31.9 Å². The van der Waals surface area contributed by atoms with Gasteiger partial charge in [0, 0.05) is 30.5 Å². The number of nitrogens with zero attached hydrogens (tertiary/aromatic N) is 1. The zero-order valence-corrected chi connectivity index (χ0v) is 14.6. The van der Waals surface area contributed by atoms with Crippen molar-refractivity contribution in [3.05, 3.63) is 24.3 Å². The third kappa shape index (κ3) is 4.81. The van der Waals surface area contributed by atoms with E-state index in [2.05, 4.69) is 10.2 Å². The molecular weight excluding hydrogens is 327 g/mol. The number of hydrogen-bond acceptors (Lipinski definition) is 3. The molecule has 1 saturated carbocycles. The molecule has 2 fully saturated rings. The van der Waals surface area contributed by atoms with Gasteiger partial charge in [-0.1, -0.05) is 0 Å². The second-order valence-corrected chi connectivity index (χ2v) is 7.45. The zero-order chi connectivity index (χ0) is 17.9. The van der Waals surface area contributed by atoms with Crippen molar-refractivity contribution in [2.24, 2.45) is 17.6 Å². The Balaban J connectivity index is 1.50. The van der Waals surface area contributed by atoms with Crippen molar-refractivity contribution >= 4 is 11.4 Å². The Labute approximate surface area is 147 Å². The fraction of sp³-hybridized carbons (Fsp3) is 0.684. The lowest BCUT2D eigenvalue weighted by Crippen LogP contribution is -2.39. The molecule has 6 heteroatoms. The molecule has 25 heavy (non-hydrogen) atoms. The lowest BCUT2D eigenvalue weighted by molar-refractivity contribution is -0.179. The van der Waals surface area contributed by atoms with Crippen molar-refractivity contribution in [3.8, 4) is 0 Å². The molecule has 1 heterocycles. The number of rotatable bonds is 4. The van der Waals surface area contributed by atoms with Crippen LogP contribution in [0.4, 0.5) is 24.5 Å². The zero-order valence-electron chi connectivity index (χ0n) is 14.6. The van der Waals surface area contributed by atoms with Gasteiger partial charge in [0.25, 0.3) is 0 Å². The molecule has 0 spiro atoms. The number of piperidine rings is 1. The van der Waals surface area contributed by atoms with Crippen molar-refractivity contribution in [1.29, 1.82) is 0 Å². The van der Waals surface area contributed by atoms with Gasteiger partial charge in [-0.2, -0.15) is 13.2 Å². The van der Waals surface area contributed by atoms with Gasteiger partial charge in [-0.3, -0.25) is 0 Å². The summed E-state index contributed by atoms with van der Waals surface area (Å²) < 4.78 is 38.3. The maximum Gasteiger partial charge on any atom is 0.391 e. The predicted molar refractivity (Wildman–Crippen MR) is 95.9 cm³/mol. The molecule has 3 N–H and O–H groups in total. The topological polar surface area (TPSA) is 41.3 Å². The van der Waals surface area contributed by atoms with Crippen LogP contribution in [0.25, 0.3) is 0 Å².